The first-order chi connectivity index (χ1) is 15.6. The summed E-state index contributed by atoms with van der Waals surface area (Å²) < 4.78 is 2.31. The number of rotatable bonds is 5. The van der Waals surface area contributed by atoms with Crippen LogP contribution in [0.5, 0.6) is 0 Å². The maximum absolute atomic E-state index is 4.49. The van der Waals surface area contributed by atoms with Crippen molar-refractivity contribution in [1.82, 2.24) is 9.55 Å². The highest BCUT2D eigenvalue weighted by molar-refractivity contribution is 6.57. The largest absolute Gasteiger partial charge is 0.326 e. The minimum atomic E-state index is -0.389. The highest BCUT2D eigenvalue weighted by Crippen LogP contribution is 2.37. The Morgan fingerprint density at radius 2 is 1.15 bits per heavy atom. The van der Waals surface area contributed by atoms with Crippen molar-refractivity contribution in [2.75, 3.05) is 0 Å². The molecule has 3 heteroatoms. The number of hydrogen-bond donors (Lipinski definition) is 0. The molecule has 0 amide bonds. The van der Waals surface area contributed by atoms with Crippen molar-refractivity contribution in [1.29, 1.82) is 0 Å². The third-order valence-corrected chi connectivity index (χ3v) is 8.10. The molecule has 0 aliphatic heterocycles. The fourth-order valence-electron chi connectivity index (χ4n) is 4.28. The highest BCUT2D eigenvalue weighted by Gasteiger charge is 2.38. The fourth-order valence-corrected chi connectivity index (χ4v) is 5.92. The molecule has 1 heterocycles. The third-order valence-electron chi connectivity index (χ3n) is 6.28. The lowest BCUT2D eigenvalue weighted by molar-refractivity contribution is 0.565. The Hall–Kier alpha value is -2.91. The predicted octanol–water partition coefficient (Wildman–Crippen LogP) is 6.26. The van der Waals surface area contributed by atoms with Crippen LogP contribution in [-0.4, -0.2) is 19.1 Å². The molecule has 4 aromatic rings. The van der Waals surface area contributed by atoms with E-state index in [-0.39, 0.29) is 16.0 Å². The summed E-state index contributed by atoms with van der Waals surface area (Å²) in [6, 6.07) is 29.2. The average Bonchev–Trinajstić information content (AvgIpc) is 3.32. The van der Waals surface area contributed by atoms with Crippen LogP contribution in [0.25, 0.3) is 0 Å². The molecular formula is C30H34N2Si. The molecule has 0 unspecified atom stereocenters. The molecule has 0 N–H and O–H groups in total. The Labute approximate surface area is 201 Å². The van der Waals surface area contributed by atoms with Crippen molar-refractivity contribution in [3.63, 3.8) is 0 Å². The molecule has 0 bridgehead atoms. The van der Waals surface area contributed by atoms with E-state index in [1.165, 1.54) is 27.4 Å². The number of hydrogen-bond acceptors (Lipinski definition) is 1. The molecule has 2 radical (unpaired) electrons. The van der Waals surface area contributed by atoms with Gasteiger partial charge >= 0.3 is 0 Å². The summed E-state index contributed by atoms with van der Waals surface area (Å²) >= 11 is 0. The van der Waals surface area contributed by atoms with E-state index in [1.54, 1.807) is 0 Å². The molecule has 0 saturated carbocycles. The minimum Gasteiger partial charge on any atom is -0.326 e. The molecule has 4 rings (SSSR count). The Morgan fingerprint density at radius 3 is 1.61 bits per heavy atom. The lowest BCUT2D eigenvalue weighted by Crippen LogP contribution is -2.47. The summed E-state index contributed by atoms with van der Waals surface area (Å²) in [5, 5.41) is 0.939. The minimum absolute atomic E-state index is 0.0692. The van der Waals surface area contributed by atoms with Crippen LogP contribution in [0, 0.1) is 0 Å². The SMILES string of the molecule is CC(C)(C)c1cccc(C([Si]c2ccccc2)(c2cccc(C(C)(C)C)c2)n2ccnc2)c1. The van der Waals surface area contributed by atoms with Gasteiger partial charge in [-0.25, -0.2) is 4.98 Å². The van der Waals surface area contributed by atoms with E-state index in [0.29, 0.717) is 9.52 Å². The van der Waals surface area contributed by atoms with E-state index in [4.69, 9.17) is 0 Å². The van der Waals surface area contributed by atoms with Gasteiger partial charge in [-0.3, -0.25) is 0 Å². The first kappa shape index (κ1) is 23.3. The molecule has 0 atom stereocenters. The predicted molar refractivity (Wildman–Crippen MR) is 141 cm³/mol. The lowest BCUT2D eigenvalue weighted by Gasteiger charge is -2.38. The van der Waals surface area contributed by atoms with E-state index in [9.17, 15) is 0 Å². The molecule has 33 heavy (non-hydrogen) atoms. The molecule has 1 aromatic heterocycles. The topological polar surface area (TPSA) is 17.8 Å². The molecule has 0 spiro atoms. The Balaban J connectivity index is 2.05. The average molecular weight is 451 g/mol. The third kappa shape index (κ3) is 4.74. The summed E-state index contributed by atoms with van der Waals surface area (Å²) in [7, 11) is 0.498. The summed E-state index contributed by atoms with van der Waals surface area (Å²) in [5.74, 6) is 0. The maximum Gasteiger partial charge on any atom is 0.127 e. The van der Waals surface area contributed by atoms with Gasteiger partial charge in [0.2, 0.25) is 0 Å². The molecule has 168 valence electrons. The van der Waals surface area contributed by atoms with E-state index < -0.39 is 0 Å². The monoisotopic (exact) mass is 450 g/mol. The van der Waals surface area contributed by atoms with Crippen molar-refractivity contribution in [2.45, 2.75) is 57.5 Å². The van der Waals surface area contributed by atoms with Crippen LogP contribution in [-0.2, 0) is 16.0 Å². The Bertz CT molecular complexity index is 1140. The van der Waals surface area contributed by atoms with Gasteiger partial charge in [0.25, 0.3) is 0 Å². The molecule has 2 nitrogen and oxygen atoms in total. The Morgan fingerprint density at radius 1 is 0.636 bits per heavy atom. The Kier molecular flexibility index (Phi) is 6.19. The van der Waals surface area contributed by atoms with E-state index in [2.05, 4.69) is 136 Å². The van der Waals surface area contributed by atoms with Gasteiger partial charge in [0.15, 0.2) is 0 Å². The van der Waals surface area contributed by atoms with Gasteiger partial charge < -0.3 is 4.57 Å². The molecule has 3 aromatic carbocycles. The van der Waals surface area contributed by atoms with Crippen molar-refractivity contribution in [2.24, 2.45) is 0 Å². The van der Waals surface area contributed by atoms with Crippen molar-refractivity contribution in [3.8, 4) is 0 Å². The maximum atomic E-state index is 4.49. The summed E-state index contributed by atoms with van der Waals surface area (Å²) in [4.78, 5) is 4.49. The summed E-state index contributed by atoms with van der Waals surface area (Å²) in [5.41, 5.74) is 5.41. The zero-order valence-corrected chi connectivity index (χ0v) is 21.6. The molecular weight excluding hydrogens is 416 g/mol. The number of benzene rings is 3. The van der Waals surface area contributed by atoms with Crippen LogP contribution in [0.2, 0.25) is 0 Å². The second kappa shape index (κ2) is 8.79. The quantitative estimate of drug-likeness (QED) is 0.328. The molecule has 0 fully saturated rings. The highest BCUT2D eigenvalue weighted by atomic mass is 28.2. The number of imidazole rings is 1. The zero-order chi connectivity index (χ0) is 23.7. The smallest absolute Gasteiger partial charge is 0.127 e. The fraction of sp³-hybridized carbons (Fsp3) is 0.300. The van der Waals surface area contributed by atoms with Crippen LogP contribution in [0.4, 0.5) is 0 Å². The van der Waals surface area contributed by atoms with Gasteiger partial charge in [-0.1, -0.05) is 126 Å². The van der Waals surface area contributed by atoms with Crippen molar-refractivity contribution >= 4 is 14.7 Å². The standard InChI is InChI=1S/C30H34N2Si/c1-28(2,3)23-12-10-14-25(20-23)30(32-19-18-31-22-32,33-27-16-8-7-9-17-27)26-15-11-13-24(21-26)29(4,5)6/h7-22H,1-6H3. The lowest BCUT2D eigenvalue weighted by atomic mass is 9.82. The van der Waals surface area contributed by atoms with Crippen LogP contribution in [0.1, 0.15) is 63.8 Å². The first-order valence-corrected chi connectivity index (χ1v) is 12.6. The van der Waals surface area contributed by atoms with Crippen LogP contribution >= 0.6 is 0 Å². The first-order valence-electron chi connectivity index (χ1n) is 11.6. The normalized spacial score (nSPS) is 12.7. The van der Waals surface area contributed by atoms with Crippen LogP contribution in [0.3, 0.4) is 0 Å². The van der Waals surface area contributed by atoms with E-state index in [1.807, 2.05) is 12.5 Å². The molecule has 0 aliphatic rings. The van der Waals surface area contributed by atoms with Crippen LogP contribution < -0.4 is 5.19 Å². The van der Waals surface area contributed by atoms with Crippen LogP contribution in [0.15, 0.2) is 97.6 Å². The van der Waals surface area contributed by atoms with E-state index >= 15 is 0 Å². The van der Waals surface area contributed by atoms with Gasteiger partial charge in [-0.05, 0) is 33.1 Å². The number of nitrogens with zero attached hydrogens (tertiary/aromatic N) is 2. The summed E-state index contributed by atoms with van der Waals surface area (Å²) in [6.45, 7) is 13.7. The van der Waals surface area contributed by atoms with Crippen molar-refractivity contribution < 1.29 is 0 Å². The summed E-state index contributed by atoms with van der Waals surface area (Å²) in [6.07, 6.45) is 5.98. The van der Waals surface area contributed by atoms with Gasteiger partial charge in [-0.2, -0.15) is 0 Å². The molecule has 0 aliphatic carbocycles. The number of aromatic nitrogens is 2. The molecule has 0 saturated heterocycles. The second-order valence-corrected chi connectivity index (χ2v) is 12.4. The van der Waals surface area contributed by atoms with Crippen molar-refractivity contribution in [3.05, 3.63) is 120 Å². The van der Waals surface area contributed by atoms with E-state index in [0.717, 1.165) is 0 Å². The van der Waals surface area contributed by atoms with Gasteiger partial charge in [-0.15, -0.1) is 0 Å². The van der Waals surface area contributed by atoms with Gasteiger partial charge in [0.05, 0.1) is 11.5 Å². The van der Waals surface area contributed by atoms with Gasteiger partial charge in [0.1, 0.15) is 9.52 Å². The van der Waals surface area contributed by atoms with Gasteiger partial charge in [0, 0.05) is 12.4 Å². The second-order valence-electron chi connectivity index (χ2n) is 10.8. The zero-order valence-electron chi connectivity index (χ0n) is 20.6.